The van der Waals surface area contributed by atoms with E-state index in [4.69, 9.17) is 10.00 Å². The molecule has 6 heteroatoms. The Hall–Kier alpha value is -1.71. The molecule has 1 aliphatic carbocycles. The minimum atomic E-state index is 0.0530. The van der Waals surface area contributed by atoms with Crippen molar-refractivity contribution in [2.24, 2.45) is 11.8 Å². The van der Waals surface area contributed by atoms with Gasteiger partial charge in [0.25, 0.3) is 0 Å². The van der Waals surface area contributed by atoms with Crippen LogP contribution in [0.3, 0.4) is 0 Å². The van der Waals surface area contributed by atoms with E-state index in [-0.39, 0.29) is 18.4 Å². The number of amides is 1. The van der Waals surface area contributed by atoms with E-state index in [0.717, 1.165) is 51.3 Å². The minimum absolute atomic E-state index is 0.0530. The summed E-state index contributed by atoms with van der Waals surface area (Å²) in [5.74, 6) is 1.46. The molecule has 1 saturated heterocycles. The average molecular weight is 374 g/mol. The highest BCUT2D eigenvalue weighted by Crippen LogP contribution is 2.35. The van der Waals surface area contributed by atoms with Gasteiger partial charge < -0.3 is 15.0 Å². The summed E-state index contributed by atoms with van der Waals surface area (Å²) in [4.78, 5) is 15.9. The second kappa shape index (κ2) is 9.84. The third-order valence-corrected chi connectivity index (χ3v) is 6.46. The first kappa shape index (κ1) is 19.1. The predicted octanol–water partition coefficient (Wildman–Crippen LogP) is 3.06. The zero-order valence-corrected chi connectivity index (χ0v) is 16.0. The van der Waals surface area contributed by atoms with Gasteiger partial charge in [-0.1, -0.05) is 12.8 Å². The van der Waals surface area contributed by atoms with Crippen LogP contribution in [0.4, 0.5) is 5.69 Å². The lowest BCUT2D eigenvalue weighted by Crippen LogP contribution is -2.37. The Morgan fingerprint density at radius 2 is 1.96 bits per heavy atom. The van der Waals surface area contributed by atoms with Crippen LogP contribution in [0.5, 0.6) is 0 Å². The fraction of sp³-hybridized carbons (Fsp3) is 0.600. The summed E-state index contributed by atoms with van der Waals surface area (Å²) in [5, 5.41) is 11.4. The van der Waals surface area contributed by atoms with Gasteiger partial charge in [-0.05, 0) is 43.0 Å². The van der Waals surface area contributed by atoms with Gasteiger partial charge in [-0.25, -0.2) is 0 Å². The van der Waals surface area contributed by atoms with Crippen molar-refractivity contribution in [2.75, 3.05) is 43.5 Å². The van der Waals surface area contributed by atoms with Crippen molar-refractivity contribution < 1.29 is 9.53 Å². The van der Waals surface area contributed by atoms with Gasteiger partial charge >= 0.3 is 0 Å². The molecule has 2 aliphatic rings. The first-order chi connectivity index (χ1) is 12.8. The number of thioether (sulfide) groups is 1. The summed E-state index contributed by atoms with van der Waals surface area (Å²) in [6.07, 6.45) is 4.35. The van der Waals surface area contributed by atoms with Crippen LogP contribution in [-0.4, -0.2) is 44.5 Å². The topological polar surface area (TPSA) is 65.4 Å². The molecule has 3 rings (SSSR count). The van der Waals surface area contributed by atoms with Crippen molar-refractivity contribution in [3.8, 4) is 6.07 Å². The molecule has 2 atom stereocenters. The molecule has 0 bridgehead atoms. The molecule has 140 valence electrons. The van der Waals surface area contributed by atoms with Crippen molar-refractivity contribution in [1.29, 1.82) is 5.26 Å². The summed E-state index contributed by atoms with van der Waals surface area (Å²) in [6.45, 7) is 3.61. The molecule has 1 saturated carbocycles. The first-order valence-corrected chi connectivity index (χ1v) is 10.5. The molecule has 0 spiro atoms. The van der Waals surface area contributed by atoms with E-state index in [9.17, 15) is 4.79 Å². The lowest BCUT2D eigenvalue weighted by atomic mass is 9.80. The second-order valence-corrected chi connectivity index (χ2v) is 8.02. The number of anilines is 1. The summed E-state index contributed by atoms with van der Waals surface area (Å²) in [5.41, 5.74) is 1.25. The van der Waals surface area contributed by atoms with E-state index in [1.165, 1.54) is 17.0 Å². The zero-order chi connectivity index (χ0) is 18.2. The molecule has 1 heterocycles. The third-order valence-electron chi connectivity index (χ3n) is 5.26. The van der Waals surface area contributed by atoms with Gasteiger partial charge in [0, 0.05) is 35.3 Å². The largest absolute Gasteiger partial charge is 0.378 e. The van der Waals surface area contributed by atoms with Gasteiger partial charge in [0.05, 0.1) is 19.3 Å². The molecule has 1 N–H and O–H groups in total. The maximum Gasteiger partial charge on any atom is 0.224 e. The Morgan fingerprint density at radius 3 is 2.69 bits per heavy atom. The Balaban J connectivity index is 1.53. The van der Waals surface area contributed by atoms with Crippen molar-refractivity contribution in [2.45, 2.75) is 30.6 Å². The van der Waals surface area contributed by atoms with E-state index in [0.29, 0.717) is 5.92 Å². The van der Waals surface area contributed by atoms with E-state index in [1.54, 1.807) is 0 Å². The molecular formula is C20H27N3O2S. The number of hydrogen-bond acceptors (Lipinski definition) is 5. The van der Waals surface area contributed by atoms with Gasteiger partial charge in [0.2, 0.25) is 5.91 Å². The molecule has 26 heavy (non-hydrogen) atoms. The third kappa shape index (κ3) is 5.15. The van der Waals surface area contributed by atoms with Crippen LogP contribution in [-0.2, 0) is 9.53 Å². The SMILES string of the molecule is N#CCNC(=O)[C@@H]1CCCC[C@H]1CSc1ccc(N2CCOCC2)cc1. The second-order valence-electron chi connectivity index (χ2n) is 6.93. The Labute approximate surface area is 160 Å². The molecule has 0 aromatic heterocycles. The molecule has 0 unspecified atom stereocenters. The number of carbonyl (C=O) groups is 1. The van der Waals surface area contributed by atoms with Gasteiger partial charge in [-0.2, -0.15) is 5.26 Å². The van der Waals surface area contributed by atoms with E-state index in [2.05, 4.69) is 34.5 Å². The number of hydrogen-bond donors (Lipinski definition) is 1. The molecular weight excluding hydrogens is 346 g/mol. The van der Waals surface area contributed by atoms with Crippen LogP contribution in [0.2, 0.25) is 0 Å². The van der Waals surface area contributed by atoms with Crippen LogP contribution in [0, 0.1) is 23.2 Å². The molecule has 1 aromatic carbocycles. The smallest absolute Gasteiger partial charge is 0.224 e. The van der Waals surface area contributed by atoms with Crippen molar-refractivity contribution in [3.63, 3.8) is 0 Å². The number of rotatable bonds is 6. The Morgan fingerprint density at radius 1 is 1.23 bits per heavy atom. The number of ether oxygens (including phenoxy) is 1. The van der Waals surface area contributed by atoms with Crippen LogP contribution >= 0.6 is 11.8 Å². The van der Waals surface area contributed by atoms with Crippen LogP contribution < -0.4 is 10.2 Å². The number of benzene rings is 1. The highest BCUT2D eigenvalue weighted by Gasteiger charge is 2.30. The Kier molecular flexibility index (Phi) is 7.22. The fourth-order valence-corrected chi connectivity index (χ4v) is 4.92. The van der Waals surface area contributed by atoms with Crippen LogP contribution in [0.15, 0.2) is 29.2 Å². The van der Waals surface area contributed by atoms with Crippen LogP contribution in [0.25, 0.3) is 0 Å². The maximum atomic E-state index is 12.3. The van der Waals surface area contributed by atoms with E-state index < -0.39 is 0 Å². The standard InChI is InChI=1S/C20H27N3O2S/c21-9-10-22-20(24)19-4-2-1-3-16(19)15-26-18-7-5-17(6-8-18)23-11-13-25-14-12-23/h5-8,16,19H,1-4,10-15H2,(H,22,24)/t16-,19+/m0/s1. The molecule has 1 aromatic rings. The summed E-state index contributed by atoms with van der Waals surface area (Å²) in [6, 6.07) is 10.7. The quantitative estimate of drug-likeness (QED) is 0.613. The number of nitriles is 1. The molecule has 1 aliphatic heterocycles. The number of nitrogens with zero attached hydrogens (tertiary/aromatic N) is 2. The van der Waals surface area contributed by atoms with Gasteiger partial charge in [0.1, 0.15) is 6.54 Å². The van der Waals surface area contributed by atoms with Crippen molar-refractivity contribution in [3.05, 3.63) is 24.3 Å². The van der Waals surface area contributed by atoms with Gasteiger partial charge in [-0.3, -0.25) is 4.79 Å². The summed E-state index contributed by atoms with van der Waals surface area (Å²) < 4.78 is 5.41. The number of nitrogens with one attached hydrogen (secondary N) is 1. The normalized spacial score (nSPS) is 23.3. The first-order valence-electron chi connectivity index (χ1n) is 9.48. The lowest BCUT2D eigenvalue weighted by Gasteiger charge is -2.30. The number of morpholine rings is 1. The number of carbonyl (C=O) groups excluding carboxylic acids is 1. The molecule has 2 fully saturated rings. The van der Waals surface area contributed by atoms with E-state index >= 15 is 0 Å². The van der Waals surface area contributed by atoms with Crippen LogP contribution in [0.1, 0.15) is 25.7 Å². The molecule has 0 radical (unpaired) electrons. The lowest BCUT2D eigenvalue weighted by molar-refractivity contribution is -0.127. The van der Waals surface area contributed by atoms with E-state index in [1.807, 2.05) is 17.8 Å². The molecule has 1 amide bonds. The fourth-order valence-electron chi connectivity index (χ4n) is 3.79. The Bertz CT molecular complexity index is 623. The maximum absolute atomic E-state index is 12.3. The van der Waals surface area contributed by atoms with Crippen molar-refractivity contribution in [1.82, 2.24) is 5.32 Å². The predicted molar refractivity (Wildman–Crippen MR) is 104 cm³/mol. The van der Waals surface area contributed by atoms with Crippen molar-refractivity contribution >= 4 is 23.4 Å². The highest BCUT2D eigenvalue weighted by molar-refractivity contribution is 7.99. The summed E-state index contributed by atoms with van der Waals surface area (Å²) >= 11 is 1.84. The zero-order valence-electron chi connectivity index (χ0n) is 15.2. The average Bonchev–Trinajstić information content (AvgIpc) is 2.71. The van der Waals surface area contributed by atoms with Gasteiger partial charge in [-0.15, -0.1) is 11.8 Å². The monoisotopic (exact) mass is 373 g/mol. The van der Waals surface area contributed by atoms with Gasteiger partial charge in [0.15, 0.2) is 0 Å². The minimum Gasteiger partial charge on any atom is -0.378 e. The summed E-state index contributed by atoms with van der Waals surface area (Å²) in [7, 11) is 0. The molecule has 5 nitrogen and oxygen atoms in total. The highest BCUT2D eigenvalue weighted by atomic mass is 32.2.